The van der Waals surface area contributed by atoms with Crippen molar-refractivity contribution in [2.45, 2.75) is 84.2 Å². The Morgan fingerprint density at radius 3 is 2.57 bits per heavy atom. The van der Waals surface area contributed by atoms with Crippen molar-refractivity contribution in [3.63, 3.8) is 0 Å². The Bertz CT molecular complexity index is 904. The third-order valence-corrected chi connectivity index (χ3v) is 6.32. The van der Waals surface area contributed by atoms with E-state index in [4.69, 9.17) is 4.74 Å². The molecular formula is C28H44N4O5. The molecule has 206 valence electrons. The lowest BCUT2D eigenvalue weighted by Gasteiger charge is -2.26. The van der Waals surface area contributed by atoms with Gasteiger partial charge in [0.25, 0.3) is 5.91 Å². The van der Waals surface area contributed by atoms with E-state index in [1.165, 1.54) is 0 Å². The predicted octanol–water partition coefficient (Wildman–Crippen LogP) is 3.03. The molecule has 9 heteroatoms. The molecule has 1 aromatic carbocycles. The second-order valence-corrected chi connectivity index (χ2v) is 10.1. The molecule has 0 spiro atoms. The summed E-state index contributed by atoms with van der Waals surface area (Å²) in [6.07, 6.45) is 4.93. The van der Waals surface area contributed by atoms with Crippen LogP contribution in [0.3, 0.4) is 0 Å². The van der Waals surface area contributed by atoms with Gasteiger partial charge in [-0.1, -0.05) is 45.7 Å². The van der Waals surface area contributed by atoms with Crippen molar-refractivity contribution >= 4 is 23.6 Å². The van der Waals surface area contributed by atoms with Crippen molar-refractivity contribution in [1.29, 1.82) is 0 Å². The average Bonchev–Trinajstić information content (AvgIpc) is 2.87. The van der Waals surface area contributed by atoms with E-state index >= 15 is 0 Å². The molecule has 3 N–H and O–H groups in total. The van der Waals surface area contributed by atoms with E-state index in [1.54, 1.807) is 36.2 Å². The molecule has 4 amide bonds. The summed E-state index contributed by atoms with van der Waals surface area (Å²) in [6, 6.07) is 5.44. The maximum Gasteiger partial charge on any atom is 0.255 e. The number of likely N-dealkylation sites (N-methyl/N-ethyl adjacent to an activating group) is 1. The van der Waals surface area contributed by atoms with Crippen LogP contribution >= 0.6 is 0 Å². The highest BCUT2D eigenvalue weighted by molar-refractivity contribution is 5.99. The van der Waals surface area contributed by atoms with Gasteiger partial charge >= 0.3 is 0 Å². The zero-order valence-corrected chi connectivity index (χ0v) is 22.8. The lowest BCUT2D eigenvalue weighted by molar-refractivity contribution is -0.136. The topological polar surface area (TPSA) is 117 Å². The molecule has 0 aliphatic carbocycles. The van der Waals surface area contributed by atoms with Crippen molar-refractivity contribution in [2.75, 3.05) is 26.7 Å². The summed E-state index contributed by atoms with van der Waals surface area (Å²) in [5.41, 5.74) is 0.349. The number of nitrogens with one attached hydrogen (secondary N) is 3. The van der Waals surface area contributed by atoms with Crippen LogP contribution in [0.1, 0.15) is 82.5 Å². The van der Waals surface area contributed by atoms with Gasteiger partial charge in [-0.05, 0) is 50.2 Å². The van der Waals surface area contributed by atoms with E-state index in [1.807, 2.05) is 20.8 Å². The van der Waals surface area contributed by atoms with E-state index in [9.17, 15) is 19.2 Å². The summed E-state index contributed by atoms with van der Waals surface area (Å²) >= 11 is 0. The molecule has 0 aromatic heterocycles. The maximum atomic E-state index is 13.1. The van der Waals surface area contributed by atoms with Crippen LogP contribution in [0.2, 0.25) is 0 Å². The van der Waals surface area contributed by atoms with Crippen LogP contribution in [0.25, 0.3) is 0 Å². The second kappa shape index (κ2) is 15.9. The minimum Gasteiger partial charge on any atom is -0.493 e. The number of ether oxygens (including phenoxy) is 1. The highest BCUT2D eigenvalue weighted by Gasteiger charge is 2.27. The minimum absolute atomic E-state index is 0.00573. The number of carbonyl (C=O) groups is 4. The van der Waals surface area contributed by atoms with Gasteiger partial charge in [0.1, 0.15) is 17.8 Å². The van der Waals surface area contributed by atoms with Crippen molar-refractivity contribution in [2.24, 2.45) is 5.92 Å². The van der Waals surface area contributed by atoms with Crippen LogP contribution in [0, 0.1) is 5.92 Å². The van der Waals surface area contributed by atoms with Crippen LogP contribution in [0.4, 0.5) is 0 Å². The molecule has 1 heterocycles. The Kier molecular flexibility index (Phi) is 12.9. The Morgan fingerprint density at radius 1 is 1.11 bits per heavy atom. The molecule has 1 aromatic rings. The number of carbonyl (C=O) groups excluding carboxylic acids is 4. The molecule has 1 aliphatic rings. The van der Waals surface area contributed by atoms with Gasteiger partial charge in [-0.2, -0.15) is 0 Å². The van der Waals surface area contributed by atoms with Crippen molar-refractivity contribution < 1.29 is 23.9 Å². The third kappa shape index (κ3) is 10.4. The number of rotatable bonds is 5. The van der Waals surface area contributed by atoms with Crippen LogP contribution in [0.5, 0.6) is 5.75 Å². The van der Waals surface area contributed by atoms with E-state index in [-0.39, 0.29) is 36.5 Å². The highest BCUT2D eigenvalue weighted by atomic mass is 16.5. The summed E-state index contributed by atoms with van der Waals surface area (Å²) in [5.74, 6) is -0.524. The number of benzene rings is 1. The van der Waals surface area contributed by atoms with Crippen LogP contribution in [-0.2, 0) is 14.4 Å². The second-order valence-electron chi connectivity index (χ2n) is 10.1. The summed E-state index contributed by atoms with van der Waals surface area (Å²) in [6.45, 7) is 7.51. The third-order valence-electron chi connectivity index (χ3n) is 6.32. The Labute approximate surface area is 221 Å². The number of amides is 4. The number of para-hydroxylation sites is 1. The normalized spacial score (nSPS) is 21.0. The molecule has 9 nitrogen and oxygen atoms in total. The van der Waals surface area contributed by atoms with Gasteiger partial charge < -0.3 is 25.6 Å². The quantitative estimate of drug-likeness (QED) is 0.556. The maximum absolute atomic E-state index is 13.1. The first-order valence-corrected chi connectivity index (χ1v) is 13.6. The number of fused-ring (bicyclic) bond motifs is 1. The summed E-state index contributed by atoms with van der Waals surface area (Å²) in [4.78, 5) is 53.6. The molecule has 1 aliphatic heterocycles. The summed E-state index contributed by atoms with van der Waals surface area (Å²) < 4.78 is 5.90. The molecule has 0 bridgehead atoms. The number of hydrogen-bond donors (Lipinski definition) is 3. The molecule has 0 saturated carbocycles. The van der Waals surface area contributed by atoms with E-state index in [0.717, 1.165) is 32.1 Å². The summed E-state index contributed by atoms with van der Waals surface area (Å²) in [5, 5.41) is 8.47. The van der Waals surface area contributed by atoms with E-state index in [2.05, 4.69) is 16.0 Å². The molecular weight excluding hydrogens is 472 g/mol. The first-order chi connectivity index (χ1) is 17.7. The molecule has 37 heavy (non-hydrogen) atoms. The highest BCUT2D eigenvalue weighted by Crippen LogP contribution is 2.19. The zero-order chi connectivity index (χ0) is 27.2. The van der Waals surface area contributed by atoms with Crippen molar-refractivity contribution in [1.82, 2.24) is 20.9 Å². The molecule has 0 unspecified atom stereocenters. The van der Waals surface area contributed by atoms with Crippen LogP contribution < -0.4 is 20.7 Å². The molecule has 2 atom stereocenters. The predicted molar refractivity (Wildman–Crippen MR) is 143 cm³/mol. The van der Waals surface area contributed by atoms with Gasteiger partial charge in [-0.25, -0.2) is 0 Å². The van der Waals surface area contributed by atoms with Gasteiger partial charge in [-0.3, -0.25) is 19.2 Å². The van der Waals surface area contributed by atoms with E-state index in [0.29, 0.717) is 37.4 Å². The first-order valence-electron chi connectivity index (χ1n) is 13.6. The van der Waals surface area contributed by atoms with Crippen molar-refractivity contribution in [3.8, 4) is 5.75 Å². The molecule has 2 rings (SSSR count). The zero-order valence-electron chi connectivity index (χ0n) is 22.8. The smallest absolute Gasteiger partial charge is 0.255 e. The minimum atomic E-state index is -0.901. The van der Waals surface area contributed by atoms with Gasteiger partial charge in [0, 0.05) is 26.6 Å². The van der Waals surface area contributed by atoms with Gasteiger partial charge in [0.05, 0.1) is 12.2 Å². The Hall–Kier alpha value is -3.10. The van der Waals surface area contributed by atoms with E-state index < -0.39 is 18.0 Å². The first kappa shape index (κ1) is 30.1. The molecule has 0 fully saturated rings. The molecule has 0 radical (unpaired) electrons. The van der Waals surface area contributed by atoms with Gasteiger partial charge in [-0.15, -0.1) is 0 Å². The summed E-state index contributed by atoms with van der Waals surface area (Å²) in [7, 11) is 1.77. The SMILES string of the molecule is CCCNC(=O)[C@@H]1CCC(=O)N[C@@H](CC(C)C)C(=O)N(C)CCCCCCOc2ccccc2C(=O)N1. The van der Waals surface area contributed by atoms with Crippen LogP contribution in [-0.4, -0.2) is 67.4 Å². The Balaban J connectivity index is 2.25. The standard InChI is InChI=1S/C28H44N4O5/c1-5-16-29-27(35)22-14-15-25(33)30-23(19-20(2)3)28(36)32(4)17-10-6-7-11-18-37-24-13-9-8-12-21(24)26(34)31-22/h8-9,12-13,20,22-23H,5-7,10-11,14-19H2,1-4H3,(H,29,35)(H,30,33)(H,31,34)/t22-,23-/m0/s1. The van der Waals surface area contributed by atoms with Crippen LogP contribution in [0.15, 0.2) is 24.3 Å². The van der Waals surface area contributed by atoms with Gasteiger partial charge in [0.15, 0.2) is 0 Å². The van der Waals surface area contributed by atoms with Gasteiger partial charge in [0.2, 0.25) is 17.7 Å². The lowest BCUT2D eigenvalue weighted by Crippen LogP contribution is -2.50. The largest absolute Gasteiger partial charge is 0.493 e. The molecule has 0 saturated heterocycles. The number of hydrogen-bond acceptors (Lipinski definition) is 5. The monoisotopic (exact) mass is 516 g/mol. The fourth-order valence-electron chi connectivity index (χ4n) is 4.25. The number of nitrogens with zero attached hydrogens (tertiary/aromatic N) is 1. The lowest BCUT2D eigenvalue weighted by atomic mass is 10.0. The fourth-order valence-corrected chi connectivity index (χ4v) is 4.25. The fraction of sp³-hybridized carbons (Fsp3) is 0.643. The average molecular weight is 517 g/mol. The Morgan fingerprint density at radius 2 is 1.84 bits per heavy atom. The van der Waals surface area contributed by atoms with Crippen molar-refractivity contribution in [3.05, 3.63) is 29.8 Å².